The molecule has 9 nitrogen and oxygen atoms in total. The van der Waals surface area contributed by atoms with E-state index in [1.165, 1.54) is 10.8 Å². The first kappa shape index (κ1) is 22.0. The van der Waals surface area contributed by atoms with E-state index in [0.717, 1.165) is 15.8 Å². The van der Waals surface area contributed by atoms with Crippen LogP contribution in [-0.2, 0) is 7.05 Å². The van der Waals surface area contributed by atoms with E-state index >= 15 is 0 Å². The summed E-state index contributed by atoms with van der Waals surface area (Å²) in [6.07, 6.45) is 1.53. The van der Waals surface area contributed by atoms with E-state index in [-0.39, 0.29) is 6.03 Å². The number of fused-ring (bicyclic) bond motifs is 1. The zero-order chi connectivity index (χ0) is 23.8. The average Bonchev–Trinajstić information content (AvgIpc) is 3.13. The second-order valence-corrected chi connectivity index (χ2v) is 8.48. The molecule has 1 saturated heterocycles. The number of methoxy groups -OCH3 is 1. The second-order valence-electron chi connectivity index (χ2n) is 8.04. The molecule has 10 heteroatoms. The molecular weight excluding hydrogens is 456 g/mol. The molecule has 1 aliphatic heterocycles. The number of amides is 1. The summed E-state index contributed by atoms with van der Waals surface area (Å²) in [4.78, 5) is 39.2. The van der Waals surface area contributed by atoms with Crippen molar-refractivity contribution in [2.45, 2.75) is 0 Å². The van der Waals surface area contributed by atoms with Crippen molar-refractivity contribution in [3.63, 3.8) is 0 Å². The maximum Gasteiger partial charge on any atom is 0.338 e. The predicted molar refractivity (Wildman–Crippen MR) is 131 cm³/mol. The number of carbonyl (C=O) groups is 1. The van der Waals surface area contributed by atoms with Gasteiger partial charge >= 0.3 is 11.7 Å². The predicted octanol–water partition coefficient (Wildman–Crippen LogP) is 3.25. The molecule has 0 atom stereocenters. The number of rotatable bonds is 3. The topological polar surface area (TPSA) is 85.5 Å². The van der Waals surface area contributed by atoms with Gasteiger partial charge in [0.15, 0.2) is 11.5 Å². The van der Waals surface area contributed by atoms with Gasteiger partial charge in [-0.05, 0) is 36.4 Å². The van der Waals surface area contributed by atoms with Crippen LogP contribution in [0, 0.1) is 0 Å². The van der Waals surface area contributed by atoms with Gasteiger partial charge < -0.3 is 14.5 Å². The van der Waals surface area contributed by atoms with Crippen molar-refractivity contribution in [3.05, 3.63) is 70.2 Å². The van der Waals surface area contributed by atoms with Crippen LogP contribution in [0.3, 0.4) is 0 Å². The first-order valence-corrected chi connectivity index (χ1v) is 11.2. The summed E-state index contributed by atoms with van der Waals surface area (Å²) >= 11 is 5.98. The molecule has 1 fully saturated rings. The monoisotopic (exact) mass is 478 g/mol. The third-order valence-corrected chi connectivity index (χ3v) is 6.30. The third-order valence-electron chi connectivity index (χ3n) is 6.05. The quantitative estimate of drug-likeness (QED) is 0.449. The zero-order valence-electron chi connectivity index (χ0n) is 18.8. The lowest BCUT2D eigenvalue weighted by Gasteiger charge is -2.35. The molecule has 0 N–H and O–H groups in total. The van der Waals surface area contributed by atoms with Gasteiger partial charge in [-0.1, -0.05) is 23.7 Å². The number of piperazine rings is 1. The smallest absolute Gasteiger partial charge is 0.338 e. The lowest BCUT2D eigenvalue weighted by Crippen LogP contribution is -2.51. The summed E-state index contributed by atoms with van der Waals surface area (Å²) in [6.45, 7) is 2.30. The highest BCUT2D eigenvalue weighted by Gasteiger charge is 2.27. The number of hydrogen-bond acceptors (Lipinski definition) is 6. The molecule has 2 aromatic heterocycles. The second kappa shape index (κ2) is 8.83. The largest absolute Gasteiger partial charge is 0.497 e. The van der Waals surface area contributed by atoms with E-state index in [0.29, 0.717) is 53.9 Å². The number of aromatic nitrogens is 4. The number of imidazole rings is 1. The lowest BCUT2D eigenvalue weighted by atomic mass is 10.2. The van der Waals surface area contributed by atoms with Crippen molar-refractivity contribution >= 4 is 34.5 Å². The van der Waals surface area contributed by atoms with Gasteiger partial charge in [-0.3, -0.25) is 4.57 Å². The third kappa shape index (κ3) is 3.88. The number of carbonyl (C=O) groups excluding carboxylic acids is 1. The van der Waals surface area contributed by atoms with E-state index in [1.54, 1.807) is 19.1 Å². The highest BCUT2D eigenvalue weighted by molar-refractivity contribution is 6.30. The summed E-state index contributed by atoms with van der Waals surface area (Å²) in [7, 11) is 3.20. The summed E-state index contributed by atoms with van der Waals surface area (Å²) < 4.78 is 7.81. The Morgan fingerprint density at radius 1 is 1.06 bits per heavy atom. The van der Waals surface area contributed by atoms with Crippen molar-refractivity contribution in [2.75, 3.05) is 38.2 Å². The Morgan fingerprint density at radius 3 is 2.50 bits per heavy atom. The van der Waals surface area contributed by atoms with Gasteiger partial charge in [-0.25, -0.2) is 24.1 Å². The molecule has 0 aliphatic carbocycles. The van der Waals surface area contributed by atoms with Gasteiger partial charge in [0.2, 0.25) is 0 Å². The van der Waals surface area contributed by atoms with Gasteiger partial charge in [0.25, 0.3) is 0 Å². The first-order chi connectivity index (χ1) is 16.5. The van der Waals surface area contributed by atoms with Crippen LogP contribution in [0.25, 0.3) is 22.6 Å². The van der Waals surface area contributed by atoms with Crippen LogP contribution in [0.2, 0.25) is 5.02 Å². The van der Waals surface area contributed by atoms with Gasteiger partial charge in [-0.15, -0.1) is 0 Å². The van der Waals surface area contributed by atoms with E-state index in [9.17, 15) is 9.59 Å². The fourth-order valence-electron chi connectivity index (χ4n) is 4.15. The Labute approximate surface area is 200 Å². The van der Waals surface area contributed by atoms with E-state index in [2.05, 4.69) is 14.9 Å². The average molecular weight is 479 g/mol. The maximum absolute atomic E-state index is 13.3. The Balaban J connectivity index is 1.41. The van der Waals surface area contributed by atoms with E-state index in [1.807, 2.05) is 48.5 Å². The SMILES string of the molecule is COc1cccc(-c2ncc3c(n2)n(C)c(=O)n3C(=O)N2CCN(c3ccc(Cl)cc3)CC2)c1. The standard InChI is InChI=1S/C24H23ClN6O3/c1-28-22-20(15-26-21(27-22)16-4-3-5-19(14-16)34-2)31(23(28)32)24(33)30-12-10-29(11-13-30)18-8-6-17(25)7-9-18/h3-9,14-15H,10-13H2,1-2H3. The number of halogens is 1. The number of benzene rings is 2. The summed E-state index contributed by atoms with van der Waals surface area (Å²) in [5, 5.41) is 0.685. The van der Waals surface area contributed by atoms with Crippen LogP contribution >= 0.6 is 11.6 Å². The Bertz CT molecular complexity index is 1420. The van der Waals surface area contributed by atoms with Crippen molar-refractivity contribution < 1.29 is 9.53 Å². The maximum atomic E-state index is 13.3. The van der Waals surface area contributed by atoms with Gasteiger partial charge in [0.1, 0.15) is 11.3 Å². The molecule has 0 saturated carbocycles. The summed E-state index contributed by atoms with van der Waals surface area (Å²) in [6, 6.07) is 14.6. The van der Waals surface area contributed by atoms with E-state index < -0.39 is 5.69 Å². The molecule has 5 rings (SSSR count). The minimum atomic E-state index is -0.447. The zero-order valence-corrected chi connectivity index (χ0v) is 19.6. The van der Waals surface area contributed by atoms with E-state index in [4.69, 9.17) is 16.3 Å². The number of hydrogen-bond donors (Lipinski definition) is 0. The first-order valence-electron chi connectivity index (χ1n) is 10.8. The molecular formula is C24H23ClN6O3. The number of anilines is 1. The Kier molecular flexibility index (Phi) is 5.70. The van der Waals surface area contributed by atoms with Gasteiger partial charge in [0.05, 0.1) is 13.3 Å². The van der Waals surface area contributed by atoms with Crippen LogP contribution in [0.5, 0.6) is 5.75 Å². The molecule has 0 unspecified atom stereocenters. The van der Waals surface area contributed by atoms with Crippen LogP contribution in [0.1, 0.15) is 0 Å². The van der Waals surface area contributed by atoms with Gasteiger partial charge in [0, 0.05) is 49.5 Å². The highest BCUT2D eigenvalue weighted by atomic mass is 35.5. The molecule has 2 aromatic carbocycles. The van der Waals surface area contributed by atoms with Crippen molar-refractivity contribution in [1.29, 1.82) is 0 Å². The van der Waals surface area contributed by atoms with Crippen molar-refractivity contribution in [1.82, 2.24) is 24.0 Å². The Hall–Kier alpha value is -3.85. The normalized spacial score (nSPS) is 14.0. The minimum Gasteiger partial charge on any atom is -0.497 e. The molecule has 0 radical (unpaired) electrons. The number of ether oxygens (including phenoxy) is 1. The summed E-state index contributed by atoms with van der Waals surface area (Å²) in [5.41, 5.74) is 2.14. The Morgan fingerprint density at radius 2 is 1.79 bits per heavy atom. The summed E-state index contributed by atoms with van der Waals surface area (Å²) in [5.74, 6) is 1.13. The number of nitrogens with zero attached hydrogens (tertiary/aromatic N) is 6. The molecule has 4 aromatic rings. The fraction of sp³-hybridized carbons (Fsp3) is 0.250. The number of aryl methyl sites for hydroxylation is 1. The van der Waals surface area contributed by atoms with Crippen LogP contribution in [-0.4, -0.2) is 63.3 Å². The van der Waals surface area contributed by atoms with Crippen LogP contribution in [0.15, 0.2) is 59.5 Å². The molecule has 1 amide bonds. The molecule has 3 heterocycles. The molecule has 0 spiro atoms. The van der Waals surface area contributed by atoms with Crippen LogP contribution in [0.4, 0.5) is 10.5 Å². The lowest BCUT2D eigenvalue weighted by molar-refractivity contribution is 0.196. The molecule has 34 heavy (non-hydrogen) atoms. The van der Waals surface area contributed by atoms with Crippen molar-refractivity contribution in [2.24, 2.45) is 7.05 Å². The molecule has 0 bridgehead atoms. The minimum absolute atomic E-state index is 0.371. The van der Waals surface area contributed by atoms with Crippen LogP contribution < -0.4 is 15.3 Å². The highest BCUT2D eigenvalue weighted by Crippen LogP contribution is 2.23. The van der Waals surface area contributed by atoms with Gasteiger partial charge in [-0.2, -0.15) is 0 Å². The van der Waals surface area contributed by atoms with Crippen molar-refractivity contribution in [3.8, 4) is 17.1 Å². The fourth-order valence-corrected chi connectivity index (χ4v) is 4.28. The molecule has 1 aliphatic rings. The molecule has 174 valence electrons.